The molecule has 0 bridgehead atoms. The Morgan fingerprint density at radius 2 is 1.61 bits per heavy atom. The molecule has 38 heavy (non-hydrogen) atoms. The first-order chi connectivity index (χ1) is 18.4. The molecule has 0 saturated carbocycles. The number of benzene rings is 3. The summed E-state index contributed by atoms with van der Waals surface area (Å²) < 4.78 is 12.9. The van der Waals surface area contributed by atoms with E-state index in [2.05, 4.69) is 33.6 Å². The number of nitrogens with zero attached hydrogens (tertiary/aromatic N) is 3. The summed E-state index contributed by atoms with van der Waals surface area (Å²) in [6.45, 7) is 0. The number of imidazole rings is 1. The van der Waals surface area contributed by atoms with E-state index < -0.39 is 0 Å². The van der Waals surface area contributed by atoms with E-state index in [-0.39, 0.29) is 11.5 Å². The molecule has 6 rings (SSSR count). The number of hydrogen-bond donors (Lipinski definition) is 4. The predicted octanol–water partition coefficient (Wildman–Crippen LogP) is 6.05. The summed E-state index contributed by atoms with van der Waals surface area (Å²) in [6.07, 6.45) is 1.84. The van der Waals surface area contributed by atoms with Crippen LogP contribution in [0.25, 0.3) is 26.3 Å². The van der Waals surface area contributed by atoms with Gasteiger partial charge in [0.1, 0.15) is 5.69 Å². The van der Waals surface area contributed by atoms with Crippen LogP contribution in [0.15, 0.2) is 85.1 Å². The molecule has 0 atom stereocenters. The number of methoxy groups -OCH3 is 2. The Morgan fingerprint density at radius 3 is 2.32 bits per heavy atom. The fourth-order valence-electron chi connectivity index (χ4n) is 3.84. The minimum Gasteiger partial charge on any atom is -0.504 e. The maximum Gasteiger partial charge on any atom is 0.160 e. The fraction of sp³-hybridized carbons (Fsp3) is 0.0714. The van der Waals surface area contributed by atoms with E-state index in [0.717, 1.165) is 16.2 Å². The minimum atomic E-state index is 0.0715. The van der Waals surface area contributed by atoms with Crippen molar-refractivity contribution in [3.8, 4) is 33.6 Å². The summed E-state index contributed by atoms with van der Waals surface area (Å²) in [4.78, 5) is 5.58. The molecule has 10 heteroatoms. The lowest BCUT2D eigenvalue weighted by molar-refractivity contribution is 0.373. The topological polar surface area (TPSA) is 127 Å². The van der Waals surface area contributed by atoms with Gasteiger partial charge in [-0.25, -0.2) is 9.50 Å². The van der Waals surface area contributed by atoms with Crippen LogP contribution in [0, 0.1) is 0 Å². The number of ether oxygens (including phenoxy) is 2. The standard InChI is InChI=1S/C21H16N4O2S.C7H9NO2/c1-27-17-7-6-14(11-16(17)26)23-20-8-9-21-22-12-15(25(21)24-20)19-10-13-4-2-3-5-18(13)28-19;1-10-7-3-2-5(8)4-6(7)9/h2-12,26H,1H3,(H,23,24);2-4,9H,8H2,1H3. The highest BCUT2D eigenvalue weighted by molar-refractivity contribution is 7.22. The van der Waals surface area contributed by atoms with Crippen LogP contribution in [-0.2, 0) is 0 Å². The summed E-state index contributed by atoms with van der Waals surface area (Å²) in [7, 11) is 3.01. The summed E-state index contributed by atoms with van der Waals surface area (Å²) in [5.74, 6) is 1.66. The lowest BCUT2D eigenvalue weighted by atomic mass is 10.2. The molecular formula is C28H25N5O4S. The van der Waals surface area contributed by atoms with Gasteiger partial charge in [0.05, 0.1) is 25.3 Å². The van der Waals surface area contributed by atoms with E-state index >= 15 is 0 Å². The van der Waals surface area contributed by atoms with Crippen LogP contribution in [0.4, 0.5) is 17.2 Å². The van der Waals surface area contributed by atoms with Gasteiger partial charge in [-0.3, -0.25) is 0 Å². The zero-order chi connectivity index (χ0) is 26.6. The van der Waals surface area contributed by atoms with Crippen LogP contribution >= 0.6 is 11.3 Å². The third kappa shape index (κ3) is 5.11. The van der Waals surface area contributed by atoms with Crippen LogP contribution in [0.1, 0.15) is 0 Å². The molecule has 6 aromatic rings. The molecule has 0 amide bonds. The maximum absolute atomic E-state index is 9.97. The lowest BCUT2D eigenvalue weighted by Gasteiger charge is -2.09. The molecule has 0 saturated heterocycles. The number of nitrogens with two attached hydrogens (primary N) is 1. The number of nitrogen functional groups attached to an aromatic ring is 1. The van der Waals surface area contributed by atoms with Gasteiger partial charge in [-0.15, -0.1) is 16.4 Å². The molecule has 3 heterocycles. The van der Waals surface area contributed by atoms with Gasteiger partial charge >= 0.3 is 0 Å². The third-order valence-electron chi connectivity index (χ3n) is 5.69. The van der Waals surface area contributed by atoms with Gasteiger partial charge in [0.25, 0.3) is 0 Å². The van der Waals surface area contributed by atoms with Gasteiger partial charge < -0.3 is 30.7 Å². The zero-order valence-electron chi connectivity index (χ0n) is 20.6. The second kappa shape index (κ2) is 10.6. The van der Waals surface area contributed by atoms with Crippen LogP contribution in [-0.4, -0.2) is 39.0 Å². The molecule has 0 spiro atoms. The summed E-state index contributed by atoms with van der Waals surface area (Å²) >= 11 is 1.72. The van der Waals surface area contributed by atoms with Crippen molar-refractivity contribution in [2.75, 3.05) is 25.3 Å². The third-order valence-corrected chi connectivity index (χ3v) is 6.83. The van der Waals surface area contributed by atoms with Crippen molar-refractivity contribution in [2.24, 2.45) is 0 Å². The molecule has 3 aromatic heterocycles. The maximum atomic E-state index is 9.97. The number of aromatic hydroxyl groups is 2. The first kappa shape index (κ1) is 24.7. The molecular weight excluding hydrogens is 502 g/mol. The highest BCUT2D eigenvalue weighted by Crippen LogP contribution is 2.34. The quantitative estimate of drug-likeness (QED) is 0.200. The summed E-state index contributed by atoms with van der Waals surface area (Å²) in [5.41, 5.74) is 8.32. The van der Waals surface area contributed by atoms with E-state index in [1.165, 1.54) is 30.4 Å². The Morgan fingerprint density at radius 1 is 0.868 bits per heavy atom. The zero-order valence-corrected chi connectivity index (χ0v) is 21.4. The molecule has 0 fully saturated rings. The molecule has 5 N–H and O–H groups in total. The van der Waals surface area contributed by atoms with Gasteiger partial charge in [-0.1, -0.05) is 18.2 Å². The van der Waals surface area contributed by atoms with Crippen LogP contribution < -0.4 is 20.5 Å². The Hall–Kier alpha value is -4.96. The van der Waals surface area contributed by atoms with E-state index in [9.17, 15) is 5.11 Å². The number of phenolic OH excluding ortho intramolecular Hbond substituents is 2. The molecule has 192 valence electrons. The number of aromatic nitrogens is 3. The summed E-state index contributed by atoms with van der Waals surface area (Å²) in [5, 5.41) is 28.2. The largest absolute Gasteiger partial charge is 0.504 e. The molecule has 0 unspecified atom stereocenters. The van der Waals surface area contributed by atoms with E-state index in [1.807, 2.05) is 41.0 Å². The van der Waals surface area contributed by atoms with Crippen molar-refractivity contribution in [3.63, 3.8) is 0 Å². The molecule has 0 radical (unpaired) electrons. The number of nitrogens with one attached hydrogen (secondary N) is 1. The van der Waals surface area contributed by atoms with Crippen molar-refractivity contribution < 1.29 is 19.7 Å². The van der Waals surface area contributed by atoms with E-state index in [4.69, 9.17) is 20.3 Å². The van der Waals surface area contributed by atoms with Crippen molar-refractivity contribution in [2.45, 2.75) is 0 Å². The normalized spacial score (nSPS) is 10.7. The molecule has 0 aliphatic carbocycles. The number of hydrogen-bond acceptors (Lipinski definition) is 9. The first-order valence-corrected chi connectivity index (χ1v) is 12.4. The van der Waals surface area contributed by atoms with Crippen LogP contribution in [0.5, 0.6) is 23.0 Å². The molecule has 0 aliphatic rings. The van der Waals surface area contributed by atoms with E-state index in [0.29, 0.717) is 28.7 Å². The monoisotopic (exact) mass is 527 g/mol. The van der Waals surface area contributed by atoms with Gasteiger partial charge in [0, 0.05) is 28.2 Å². The Bertz CT molecular complexity index is 1700. The molecule has 3 aromatic carbocycles. The summed E-state index contributed by atoms with van der Waals surface area (Å²) in [6, 6.07) is 24.1. The molecule has 0 aliphatic heterocycles. The van der Waals surface area contributed by atoms with Crippen molar-refractivity contribution in [1.29, 1.82) is 0 Å². The highest BCUT2D eigenvalue weighted by Gasteiger charge is 2.12. The second-order valence-corrected chi connectivity index (χ2v) is 9.31. The Kier molecular flexibility index (Phi) is 6.88. The van der Waals surface area contributed by atoms with Crippen molar-refractivity contribution in [3.05, 3.63) is 85.1 Å². The molecule has 9 nitrogen and oxygen atoms in total. The number of phenols is 2. The predicted molar refractivity (Wildman–Crippen MR) is 151 cm³/mol. The van der Waals surface area contributed by atoms with Gasteiger partial charge in [0.15, 0.2) is 34.5 Å². The number of thiophene rings is 1. The lowest BCUT2D eigenvalue weighted by Crippen LogP contribution is -2.00. The minimum absolute atomic E-state index is 0.0715. The van der Waals surface area contributed by atoms with Crippen molar-refractivity contribution in [1.82, 2.24) is 14.6 Å². The number of anilines is 3. The first-order valence-electron chi connectivity index (χ1n) is 11.6. The van der Waals surface area contributed by atoms with Crippen molar-refractivity contribution >= 4 is 44.3 Å². The average molecular weight is 528 g/mol. The SMILES string of the molecule is COc1ccc(N)cc1O.COc1ccc(Nc2ccc3ncc(-c4cc5ccccc5s4)n3n2)cc1O. The van der Waals surface area contributed by atoms with Gasteiger partial charge in [-0.05, 0) is 53.9 Å². The average Bonchev–Trinajstić information content (AvgIpc) is 3.53. The number of fused-ring (bicyclic) bond motifs is 2. The second-order valence-electron chi connectivity index (χ2n) is 8.22. The number of rotatable bonds is 5. The van der Waals surface area contributed by atoms with Gasteiger partial charge in [0.2, 0.25) is 0 Å². The van der Waals surface area contributed by atoms with Crippen LogP contribution in [0.2, 0.25) is 0 Å². The van der Waals surface area contributed by atoms with Crippen LogP contribution in [0.3, 0.4) is 0 Å². The smallest absolute Gasteiger partial charge is 0.160 e. The van der Waals surface area contributed by atoms with Gasteiger partial charge in [-0.2, -0.15) is 0 Å². The highest BCUT2D eigenvalue weighted by atomic mass is 32.1. The Labute approximate surface area is 222 Å². The fourth-order valence-corrected chi connectivity index (χ4v) is 4.90. The Balaban J connectivity index is 0.000000249. The van der Waals surface area contributed by atoms with E-state index in [1.54, 1.807) is 35.6 Å².